The van der Waals surface area contributed by atoms with E-state index in [4.69, 9.17) is 0 Å². The lowest BCUT2D eigenvalue weighted by molar-refractivity contribution is 0.0979. The van der Waals surface area contributed by atoms with E-state index in [0.29, 0.717) is 24.2 Å². The summed E-state index contributed by atoms with van der Waals surface area (Å²) in [6.07, 6.45) is 5.21. The molecule has 1 aromatic heterocycles. The van der Waals surface area contributed by atoms with Crippen molar-refractivity contribution in [2.45, 2.75) is 31.8 Å². The summed E-state index contributed by atoms with van der Waals surface area (Å²) in [5.41, 5.74) is 5.51. The fourth-order valence-electron chi connectivity index (χ4n) is 4.54. The average Bonchev–Trinajstić information content (AvgIpc) is 3.47. The normalized spacial score (nSPS) is 13.9. The summed E-state index contributed by atoms with van der Waals surface area (Å²) >= 11 is 0. The lowest BCUT2D eigenvalue weighted by Crippen LogP contribution is -2.35. The van der Waals surface area contributed by atoms with E-state index in [-0.39, 0.29) is 17.7 Å². The number of imidazole rings is 1. The monoisotopic (exact) mass is 494 g/mol. The summed E-state index contributed by atoms with van der Waals surface area (Å²) < 4.78 is 0. The number of rotatable bonds is 9. The minimum absolute atomic E-state index is 0.0467. The highest BCUT2D eigenvalue weighted by molar-refractivity contribution is 5.98. The molecule has 7 heteroatoms. The average molecular weight is 495 g/mol. The number of ketones is 2. The number of carbonyl (C=O) groups excluding carboxylic acids is 2. The standard InChI is InChI=1S/C30H30N4O3/c35-27-13-17-34(18-14-27)26-11-5-23(6-12-26)28(36)19-21-1-7-24(8-2-21)33-25-9-3-22(4-10-25)20-29(37)30-31-15-16-32-30/h1-12,15-16,27,33,35H,13-14,17-20H2,(H,31,32). The van der Waals surface area contributed by atoms with Gasteiger partial charge in [0, 0.05) is 61.0 Å². The van der Waals surface area contributed by atoms with Gasteiger partial charge in [0.15, 0.2) is 11.6 Å². The number of hydrogen-bond donors (Lipinski definition) is 3. The Labute approximate surface area is 216 Å². The fourth-order valence-corrected chi connectivity index (χ4v) is 4.54. The lowest BCUT2D eigenvalue weighted by atomic mass is 10.0. The van der Waals surface area contributed by atoms with Crippen LogP contribution in [0.2, 0.25) is 0 Å². The summed E-state index contributed by atoms with van der Waals surface area (Å²) in [5, 5.41) is 13.1. The molecule has 1 saturated heterocycles. The van der Waals surface area contributed by atoms with Crippen LogP contribution in [-0.4, -0.2) is 45.8 Å². The van der Waals surface area contributed by atoms with Crippen LogP contribution in [0.1, 0.15) is 44.9 Å². The highest BCUT2D eigenvalue weighted by atomic mass is 16.3. The molecule has 1 fully saturated rings. The Morgan fingerprint density at radius 2 is 1.41 bits per heavy atom. The fraction of sp³-hybridized carbons (Fsp3) is 0.233. The van der Waals surface area contributed by atoms with Crippen LogP contribution in [0, 0.1) is 0 Å². The molecule has 37 heavy (non-hydrogen) atoms. The Balaban J connectivity index is 1.13. The molecule has 7 nitrogen and oxygen atoms in total. The van der Waals surface area contributed by atoms with Gasteiger partial charge in [-0.15, -0.1) is 0 Å². The maximum absolute atomic E-state index is 12.8. The minimum Gasteiger partial charge on any atom is -0.393 e. The van der Waals surface area contributed by atoms with Gasteiger partial charge in [-0.2, -0.15) is 0 Å². The van der Waals surface area contributed by atoms with Crippen molar-refractivity contribution in [1.82, 2.24) is 9.97 Å². The van der Waals surface area contributed by atoms with E-state index in [1.807, 2.05) is 72.8 Å². The van der Waals surface area contributed by atoms with Crippen LogP contribution in [0.5, 0.6) is 0 Å². The third kappa shape index (κ3) is 6.32. The van der Waals surface area contributed by atoms with Crippen LogP contribution >= 0.6 is 0 Å². The first-order valence-corrected chi connectivity index (χ1v) is 12.6. The Bertz CT molecular complexity index is 1320. The van der Waals surface area contributed by atoms with Gasteiger partial charge in [-0.05, 0) is 72.5 Å². The van der Waals surface area contributed by atoms with Gasteiger partial charge >= 0.3 is 0 Å². The molecule has 0 aliphatic carbocycles. The largest absolute Gasteiger partial charge is 0.393 e. The van der Waals surface area contributed by atoms with Gasteiger partial charge in [-0.25, -0.2) is 4.98 Å². The van der Waals surface area contributed by atoms with Crippen molar-refractivity contribution in [3.63, 3.8) is 0 Å². The minimum atomic E-state index is -0.200. The van der Waals surface area contributed by atoms with Gasteiger partial charge in [0.05, 0.1) is 6.10 Å². The van der Waals surface area contributed by atoms with E-state index >= 15 is 0 Å². The zero-order valence-electron chi connectivity index (χ0n) is 20.6. The molecule has 1 aliphatic heterocycles. The zero-order chi connectivity index (χ0) is 25.6. The van der Waals surface area contributed by atoms with Crippen LogP contribution in [0.4, 0.5) is 17.1 Å². The molecule has 4 aromatic rings. The molecule has 1 aliphatic rings. The summed E-state index contributed by atoms with van der Waals surface area (Å²) in [4.78, 5) is 34.1. The molecule has 0 atom stereocenters. The Hall–Kier alpha value is -4.23. The predicted molar refractivity (Wildman–Crippen MR) is 145 cm³/mol. The van der Waals surface area contributed by atoms with Gasteiger partial charge in [0.25, 0.3) is 0 Å². The van der Waals surface area contributed by atoms with E-state index in [9.17, 15) is 14.7 Å². The van der Waals surface area contributed by atoms with Gasteiger partial charge in [0.2, 0.25) is 5.78 Å². The SMILES string of the molecule is O=C(Cc1ccc(Nc2ccc(CC(=O)c3ncc[nH]3)cc2)cc1)c1ccc(N2CCC(O)CC2)cc1. The second-order valence-corrected chi connectivity index (χ2v) is 9.42. The molecule has 188 valence electrons. The smallest absolute Gasteiger partial charge is 0.202 e. The van der Waals surface area contributed by atoms with Crippen LogP contribution < -0.4 is 10.2 Å². The number of aliphatic hydroxyl groups is 1. The number of aromatic amines is 1. The molecular weight excluding hydrogens is 464 g/mol. The molecule has 5 rings (SSSR count). The topological polar surface area (TPSA) is 98.3 Å². The number of piperidine rings is 1. The Morgan fingerprint density at radius 3 is 1.95 bits per heavy atom. The second kappa shape index (κ2) is 11.2. The summed E-state index contributed by atoms with van der Waals surface area (Å²) in [6.45, 7) is 1.68. The van der Waals surface area contributed by atoms with Crippen molar-refractivity contribution in [3.05, 3.63) is 108 Å². The number of hydrogen-bond acceptors (Lipinski definition) is 6. The lowest BCUT2D eigenvalue weighted by Gasteiger charge is -2.31. The van der Waals surface area contributed by atoms with Crippen LogP contribution in [0.3, 0.4) is 0 Å². The van der Waals surface area contributed by atoms with Crippen LogP contribution in [0.25, 0.3) is 0 Å². The van der Waals surface area contributed by atoms with Gasteiger partial charge in [-0.1, -0.05) is 24.3 Å². The van der Waals surface area contributed by atoms with E-state index in [1.165, 1.54) is 0 Å². The number of nitrogens with zero attached hydrogens (tertiary/aromatic N) is 2. The first-order valence-electron chi connectivity index (χ1n) is 12.6. The third-order valence-corrected chi connectivity index (χ3v) is 6.71. The molecule has 0 unspecified atom stereocenters. The predicted octanol–water partition coefficient (Wildman–Crippen LogP) is 4.97. The number of anilines is 3. The molecule has 0 saturated carbocycles. The zero-order valence-corrected chi connectivity index (χ0v) is 20.6. The Kier molecular flexibility index (Phi) is 7.42. The summed E-state index contributed by atoms with van der Waals surface area (Å²) in [6, 6.07) is 23.4. The molecule has 0 spiro atoms. The van der Waals surface area contributed by atoms with Crippen molar-refractivity contribution in [3.8, 4) is 0 Å². The molecular formula is C30H30N4O3. The number of benzene rings is 3. The van der Waals surface area contributed by atoms with Crippen LogP contribution in [-0.2, 0) is 12.8 Å². The highest BCUT2D eigenvalue weighted by Crippen LogP contribution is 2.22. The van der Waals surface area contributed by atoms with E-state index < -0.39 is 0 Å². The number of nitrogens with one attached hydrogen (secondary N) is 2. The number of aromatic nitrogens is 2. The van der Waals surface area contributed by atoms with Crippen molar-refractivity contribution >= 4 is 28.6 Å². The first kappa shape index (κ1) is 24.5. The van der Waals surface area contributed by atoms with Gasteiger partial charge < -0.3 is 20.3 Å². The molecule has 2 heterocycles. The number of aliphatic hydroxyl groups excluding tert-OH is 1. The summed E-state index contributed by atoms with van der Waals surface area (Å²) in [5.74, 6) is 0.410. The highest BCUT2D eigenvalue weighted by Gasteiger charge is 2.17. The first-order chi connectivity index (χ1) is 18.0. The van der Waals surface area contributed by atoms with Gasteiger partial charge in [-0.3, -0.25) is 9.59 Å². The van der Waals surface area contributed by atoms with E-state index in [1.54, 1.807) is 12.4 Å². The second-order valence-electron chi connectivity index (χ2n) is 9.42. The molecule has 3 aromatic carbocycles. The van der Waals surface area contributed by atoms with E-state index in [0.717, 1.165) is 54.1 Å². The maximum atomic E-state index is 12.8. The molecule has 0 bridgehead atoms. The third-order valence-electron chi connectivity index (χ3n) is 6.71. The maximum Gasteiger partial charge on any atom is 0.202 e. The summed E-state index contributed by atoms with van der Waals surface area (Å²) in [7, 11) is 0. The Morgan fingerprint density at radius 1 is 0.838 bits per heavy atom. The van der Waals surface area contributed by atoms with Crippen molar-refractivity contribution in [1.29, 1.82) is 0 Å². The molecule has 0 amide bonds. The van der Waals surface area contributed by atoms with Crippen LogP contribution in [0.15, 0.2) is 85.2 Å². The van der Waals surface area contributed by atoms with E-state index in [2.05, 4.69) is 20.2 Å². The van der Waals surface area contributed by atoms with Crippen molar-refractivity contribution in [2.75, 3.05) is 23.3 Å². The molecule has 0 radical (unpaired) electrons. The number of H-pyrrole nitrogens is 1. The van der Waals surface area contributed by atoms with Crippen molar-refractivity contribution < 1.29 is 14.7 Å². The number of carbonyl (C=O) groups is 2. The number of Topliss-reactive ketones (excluding diaryl/α,β-unsaturated/α-hetero) is 2. The van der Waals surface area contributed by atoms with Crippen molar-refractivity contribution in [2.24, 2.45) is 0 Å². The van der Waals surface area contributed by atoms with Gasteiger partial charge in [0.1, 0.15) is 0 Å². The molecule has 3 N–H and O–H groups in total. The quantitative estimate of drug-likeness (QED) is 0.284.